The number of anilines is 1. The zero-order valence-electron chi connectivity index (χ0n) is 7.78. The zero-order valence-corrected chi connectivity index (χ0v) is 7.78. The molecule has 0 radical (unpaired) electrons. The van der Waals surface area contributed by atoms with E-state index < -0.39 is 5.97 Å². The lowest BCUT2D eigenvalue weighted by Gasteiger charge is -2.01. The van der Waals surface area contributed by atoms with Crippen LogP contribution in [0.5, 0.6) is 0 Å². The molecule has 0 spiro atoms. The molecule has 0 fully saturated rings. The maximum atomic E-state index is 11.1. The zero-order chi connectivity index (χ0) is 9.84. The highest BCUT2D eigenvalue weighted by Crippen LogP contribution is 2.11. The lowest BCUT2D eigenvalue weighted by molar-refractivity contribution is 0.0596. The lowest BCUT2D eigenvalue weighted by Crippen LogP contribution is -2.08. The molecule has 0 aliphatic rings. The predicted molar refractivity (Wildman–Crippen MR) is 48.3 cm³/mol. The van der Waals surface area contributed by atoms with Crippen LogP contribution in [0.1, 0.15) is 23.8 Å². The number of methoxy groups -OCH3 is 1. The molecule has 0 aliphatic heterocycles. The Morgan fingerprint density at radius 2 is 2.46 bits per heavy atom. The minimum atomic E-state index is -0.493. The molecule has 1 aromatic heterocycles. The van der Waals surface area contributed by atoms with Crippen LogP contribution >= 0.6 is 0 Å². The monoisotopic (exact) mass is 183 g/mol. The number of aromatic nitrogens is 2. The van der Waals surface area contributed by atoms with E-state index in [9.17, 15) is 4.79 Å². The van der Waals surface area contributed by atoms with Crippen molar-refractivity contribution in [1.29, 1.82) is 0 Å². The van der Waals surface area contributed by atoms with E-state index in [4.69, 9.17) is 5.73 Å². The van der Waals surface area contributed by atoms with Crippen molar-refractivity contribution in [1.82, 2.24) is 9.55 Å². The molecule has 0 aliphatic carbocycles. The van der Waals surface area contributed by atoms with Crippen LogP contribution in [0.15, 0.2) is 6.33 Å². The summed E-state index contributed by atoms with van der Waals surface area (Å²) in [5.74, 6) is -0.124. The summed E-state index contributed by atoms with van der Waals surface area (Å²) in [5, 5.41) is 0. The van der Waals surface area contributed by atoms with Crippen LogP contribution in [0.25, 0.3) is 0 Å². The summed E-state index contributed by atoms with van der Waals surface area (Å²) in [4.78, 5) is 14.9. The Balaban J connectivity index is 2.92. The van der Waals surface area contributed by atoms with E-state index in [1.54, 1.807) is 10.9 Å². The van der Waals surface area contributed by atoms with Gasteiger partial charge in [-0.25, -0.2) is 9.78 Å². The summed E-state index contributed by atoms with van der Waals surface area (Å²) < 4.78 is 6.24. The van der Waals surface area contributed by atoms with Gasteiger partial charge in [0.05, 0.1) is 13.4 Å². The number of carbonyl (C=O) groups is 1. The molecule has 1 rings (SSSR count). The number of imidazole rings is 1. The third-order valence-corrected chi connectivity index (χ3v) is 1.72. The summed E-state index contributed by atoms with van der Waals surface area (Å²) >= 11 is 0. The van der Waals surface area contributed by atoms with Gasteiger partial charge < -0.3 is 15.0 Å². The van der Waals surface area contributed by atoms with Gasteiger partial charge in [0.25, 0.3) is 0 Å². The molecular formula is C8H13N3O2. The number of nitrogen functional groups attached to an aromatic ring is 1. The number of rotatable bonds is 3. The van der Waals surface area contributed by atoms with Crippen molar-refractivity contribution >= 4 is 11.8 Å². The van der Waals surface area contributed by atoms with Crippen molar-refractivity contribution in [3.63, 3.8) is 0 Å². The number of carbonyl (C=O) groups excluding carboxylic acids is 1. The summed E-state index contributed by atoms with van der Waals surface area (Å²) in [7, 11) is 1.31. The van der Waals surface area contributed by atoms with Gasteiger partial charge in [-0.3, -0.25) is 0 Å². The van der Waals surface area contributed by atoms with Crippen molar-refractivity contribution in [2.75, 3.05) is 12.8 Å². The Labute approximate surface area is 76.5 Å². The molecule has 0 aromatic carbocycles. The van der Waals surface area contributed by atoms with Gasteiger partial charge in [-0.15, -0.1) is 0 Å². The number of ether oxygens (including phenoxy) is 1. The van der Waals surface area contributed by atoms with Crippen LogP contribution in [0, 0.1) is 0 Å². The first-order chi connectivity index (χ1) is 6.20. The number of hydrogen-bond donors (Lipinski definition) is 1. The Hall–Kier alpha value is -1.52. The van der Waals surface area contributed by atoms with E-state index >= 15 is 0 Å². The first-order valence-corrected chi connectivity index (χ1v) is 4.09. The van der Waals surface area contributed by atoms with Crippen molar-refractivity contribution in [2.45, 2.75) is 19.9 Å². The normalized spacial score (nSPS) is 10.0. The molecule has 0 saturated carbocycles. The van der Waals surface area contributed by atoms with E-state index in [-0.39, 0.29) is 5.69 Å². The van der Waals surface area contributed by atoms with Crippen LogP contribution in [0.4, 0.5) is 5.82 Å². The van der Waals surface area contributed by atoms with E-state index in [0.29, 0.717) is 5.82 Å². The molecular weight excluding hydrogens is 170 g/mol. The number of nitrogens with zero attached hydrogens (tertiary/aromatic N) is 2. The SMILES string of the molecule is CCCn1cnc(C(=O)OC)c1N. The van der Waals surface area contributed by atoms with Gasteiger partial charge in [-0.2, -0.15) is 0 Å². The second-order valence-corrected chi connectivity index (χ2v) is 2.66. The quantitative estimate of drug-likeness (QED) is 0.699. The standard InChI is InChI=1S/C8H13N3O2/c1-3-4-11-5-10-6(7(11)9)8(12)13-2/h5H,3-4,9H2,1-2H3. The second-order valence-electron chi connectivity index (χ2n) is 2.66. The van der Waals surface area contributed by atoms with Gasteiger partial charge in [-0.05, 0) is 6.42 Å². The fraction of sp³-hybridized carbons (Fsp3) is 0.500. The van der Waals surface area contributed by atoms with Crippen LogP contribution in [0.2, 0.25) is 0 Å². The Morgan fingerprint density at radius 3 is 3.00 bits per heavy atom. The maximum absolute atomic E-state index is 11.1. The minimum absolute atomic E-state index is 0.191. The van der Waals surface area contributed by atoms with Crippen molar-refractivity contribution < 1.29 is 9.53 Å². The Kier molecular flexibility index (Phi) is 2.89. The van der Waals surface area contributed by atoms with E-state index in [1.807, 2.05) is 6.92 Å². The maximum Gasteiger partial charge on any atom is 0.360 e. The fourth-order valence-corrected chi connectivity index (χ4v) is 1.06. The molecule has 2 N–H and O–H groups in total. The third kappa shape index (κ3) is 1.80. The van der Waals surface area contributed by atoms with Gasteiger partial charge >= 0.3 is 5.97 Å². The van der Waals surface area contributed by atoms with Crippen molar-refractivity contribution in [2.24, 2.45) is 0 Å². The average molecular weight is 183 g/mol. The molecule has 5 heteroatoms. The first kappa shape index (κ1) is 9.57. The summed E-state index contributed by atoms with van der Waals surface area (Å²) in [6, 6.07) is 0. The number of aryl methyl sites for hydroxylation is 1. The Bertz CT molecular complexity index is 306. The highest BCUT2D eigenvalue weighted by molar-refractivity contribution is 5.91. The largest absolute Gasteiger partial charge is 0.464 e. The van der Waals surface area contributed by atoms with E-state index in [2.05, 4.69) is 9.72 Å². The smallest absolute Gasteiger partial charge is 0.360 e. The van der Waals surface area contributed by atoms with Gasteiger partial charge in [0.15, 0.2) is 5.69 Å². The van der Waals surface area contributed by atoms with Crippen LogP contribution in [-0.4, -0.2) is 22.6 Å². The van der Waals surface area contributed by atoms with Crippen LogP contribution in [0.3, 0.4) is 0 Å². The number of esters is 1. The van der Waals surface area contributed by atoms with Crippen LogP contribution < -0.4 is 5.73 Å². The van der Waals surface area contributed by atoms with Gasteiger partial charge in [-0.1, -0.05) is 6.92 Å². The fourth-order valence-electron chi connectivity index (χ4n) is 1.06. The van der Waals surface area contributed by atoms with E-state index in [1.165, 1.54) is 7.11 Å². The summed E-state index contributed by atoms with van der Waals surface area (Å²) in [6.07, 6.45) is 2.49. The highest BCUT2D eigenvalue weighted by atomic mass is 16.5. The van der Waals surface area contributed by atoms with E-state index in [0.717, 1.165) is 13.0 Å². The Morgan fingerprint density at radius 1 is 1.77 bits per heavy atom. The average Bonchev–Trinajstić information content (AvgIpc) is 2.48. The molecule has 0 saturated heterocycles. The first-order valence-electron chi connectivity index (χ1n) is 4.09. The predicted octanol–water partition coefficient (Wildman–Crippen LogP) is 0.662. The van der Waals surface area contributed by atoms with Gasteiger partial charge in [0.1, 0.15) is 5.82 Å². The van der Waals surface area contributed by atoms with Crippen molar-refractivity contribution in [3.8, 4) is 0 Å². The molecule has 13 heavy (non-hydrogen) atoms. The van der Waals surface area contributed by atoms with Gasteiger partial charge in [0.2, 0.25) is 0 Å². The summed E-state index contributed by atoms with van der Waals surface area (Å²) in [5.41, 5.74) is 5.86. The molecule has 1 aromatic rings. The molecule has 0 bridgehead atoms. The summed E-state index contributed by atoms with van der Waals surface area (Å²) in [6.45, 7) is 2.78. The number of hydrogen-bond acceptors (Lipinski definition) is 4. The topological polar surface area (TPSA) is 70.1 Å². The molecule has 1 heterocycles. The van der Waals surface area contributed by atoms with Gasteiger partial charge in [0, 0.05) is 6.54 Å². The molecule has 0 unspecified atom stereocenters. The lowest BCUT2D eigenvalue weighted by atomic mass is 10.4. The molecule has 72 valence electrons. The molecule has 0 amide bonds. The number of nitrogens with two attached hydrogens (primary N) is 1. The third-order valence-electron chi connectivity index (χ3n) is 1.72. The second kappa shape index (κ2) is 3.93. The minimum Gasteiger partial charge on any atom is -0.464 e. The molecule has 0 atom stereocenters. The highest BCUT2D eigenvalue weighted by Gasteiger charge is 2.15. The molecule has 5 nitrogen and oxygen atoms in total. The van der Waals surface area contributed by atoms with Crippen molar-refractivity contribution in [3.05, 3.63) is 12.0 Å². The van der Waals surface area contributed by atoms with Crippen LogP contribution in [-0.2, 0) is 11.3 Å².